The molecule has 0 saturated carbocycles. The van der Waals surface area contributed by atoms with E-state index in [4.69, 9.17) is 4.74 Å². The van der Waals surface area contributed by atoms with Gasteiger partial charge in [0.15, 0.2) is 0 Å². The zero-order valence-electron chi connectivity index (χ0n) is 20.4. The number of carboxylic acid groups (broad SMARTS) is 1. The van der Waals surface area contributed by atoms with Crippen LogP contribution >= 0.6 is 0 Å². The summed E-state index contributed by atoms with van der Waals surface area (Å²) in [4.78, 5) is 12.0. The average molecular weight is 466 g/mol. The Hall–Kier alpha value is -3.63. The van der Waals surface area contributed by atoms with Gasteiger partial charge < -0.3 is 15.2 Å². The molecule has 4 nitrogen and oxygen atoms in total. The number of hydrogen-bond acceptors (Lipinski definition) is 3. The molecule has 0 spiro atoms. The molecule has 0 saturated heterocycles. The first-order valence-electron chi connectivity index (χ1n) is 12.2. The molecule has 0 radical (unpaired) electrons. The fourth-order valence-electron chi connectivity index (χ4n) is 5.53. The highest BCUT2D eigenvalue weighted by Gasteiger charge is 2.31. The maximum Gasteiger partial charge on any atom is 0.336 e. The van der Waals surface area contributed by atoms with Crippen LogP contribution in [0.1, 0.15) is 63.5 Å². The molecule has 4 aromatic carbocycles. The molecule has 1 heterocycles. The van der Waals surface area contributed by atoms with Crippen LogP contribution in [0.4, 0.5) is 0 Å². The standard InChI is InChI=1S/C31H31NO3/c1-19-15-16-24(20(2)30(19)31(33)34)28-17-23(35-29-14-7-6-12-27(28)29)18-32-21(3)25-13-8-10-22-9-4-5-11-26(22)25/h4-16,21,23,28,32H,17-18H2,1-3H3,(H,33,34)/t21?,23-,28+/m1/s1. The summed E-state index contributed by atoms with van der Waals surface area (Å²) in [5.74, 6) is 0.0906. The Morgan fingerprint density at radius 2 is 1.71 bits per heavy atom. The van der Waals surface area contributed by atoms with Gasteiger partial charge in [-0.15, -0.1) is 0 Å². The van der Waals surface area contributed by atoms with Crippen molar-refractivity contribution in [2.75, 3.05) is 6.54 Å². The molecule has 2 N–H and O–H groups in total. The molecule has 35 heavy (non-hydrogen) atoms. The SMILES string of the molecule is Cc1ccc([C@@H]2C[C@H](CNC(C)c3cccc4ccccc34)Oc3ccccc32)c(C)c1C(=O)O. The maximum absolute atomic E-state index is 12.0. The molecule has 0 aliphatic carbocycles. The minimum atomic E-state index is -0.871. The minimum absolute atomic E-state index is 0.0266. The number of aromatic carboxylic acids is 1. The number of nitrogens with one attached hydrogen (secondary N) is 1. The van der Waals surface area contributed by atoms with Crippen LogP contribution in [0.25, 0.3) is 10.8 Å². The minimum Gasteiger partial charge on any atom is -0.489 e. The van der Waals surface area contributed by atoms with E-state index in [2.05, 4.69) is 66.8 Å². The van der Waals surface area contributed by atoms with Crippen LogP contribution in [-0.2, 0) is 0 Å². The lowest BCUT2D eigenvalue weighted by atomic mass is 9.80. The van der Waals surface area contributed by atoms with Gasteiger partial charge in [-0.25, -0.2) is 4.79 Å². The van der Waals surface area contributed by atoms with Crippen LogP contribution in [0, 0.1) is 13.8 Å². The smallest absolute Gasteiger partial charge is 0.336 e. The Labute approximate surface area is 206 Å². The van der Waals surface area contributed by atoms with E-state index in [1.54, 1.807) is 0 Å². The van der Waals surface area contributed by atoms with Gasteiger partial charge >= 0.3 is 5.97 Å². The van der Waals surface area contributed by atoms with Gasteiger partial charge in [-0.05, 0) is 66.3 Å². The highest BCUT2D eigenvalue weighted by atomic mass is 16.5. The molecule has 1 aliphatic rings. The van der Waals surface area contributed by atoms with E-state index >= 15 is 0 Å². The van der Waals surface area contributed by atoms with Crippen LogP contribution in [0.5, 0.6) is 5.75 Å². The topological polar surface area (TPSA) is 58.6 Å². The Morgan fingerprint density at radius 3 is 2.54 bits per heavy atom. The van der Waals surface area contributed by atoms with Crippen molar-refractivity contribution in [3.8, 4) is 5.75 Å². The third-order valence-electron chi connectivity index (χ3n) is 7.33. The van der Waals surface area contributed by atoms with Gasteiger partial charge in [0.25, 0.3) is 0 Å². The summed E-state index contributed by atoms with van der Waals surface area (Å²) in [7, 11) is 0. The second-order valence-corrected chi connectivity index (χ2v) is 9.54. The third kappa shape index (κ3) is 4.42. The molecule has 4 heteroatoms. The van der Waals surface area contributed by atoms with E-state index < -0.39 is 5.97 Å². The van der Waals surface area contributed by atoms with Gasteiger partial charge in [-0.2, -0.15) is 0 Å². The highest BCUT2D eigenvalue weighted by Crippen LogP contribution is 2.42. The molecular formula is C31H31NO3. The van der Waals surface area contributed by atoms with E-state index in [-0.39, 0.29) is 18.1 Å². The largest absolute Gasteiger partial charge is 0.489 e. The molecule has 5 rings (SSSR count). The van der Waals surface area contributed by atoms with Gasteiger partial charge in [-0.3, -0.25) is 0 Å². The van der Waals surface area contributed by atoms with Crippen molar-refractivity contribution in [1.82, 2.24) is 5.32 Å². The Kier molecular flexibility index (Phi) is 6.31. The molecule has 178 valence electrons. The summed E-state index contributed by atoms with van der Waals surface area (Å²) in [5, 5.41) is 16.0. The number of carbonyl (C=O) groups is 1. The van der Waals surface area contributed by atoms with E-state index in [1.165, 1.54) is 16.3 Å². The van der Waals surface area contributed by atoms with E-state index in [9.17, 15) is 9.90 Å². The van der Waals surface area contributed by atoms with Crippen molar-refractivity contribution in [2.45, 2.75) is 45.3 Å². The average Bonchev–Trinajstić information content (AvgIpc) is 2.86. The summed E-state index contributed by atoms with van der Waals surface area (Å²) in [6, 6.07) is 27.2. The van der Waals surface area contributed by atoms with Crippen molar-refractivity contribution < 1.29 is 14.6 Å². The van der Waals surface area contributed by atoms with Gasteiger partial charge in [0.1, 0.15) is 11.9 Å². The van der Waals surface area contributed by atoms with E-state index in [1.807, 2.05) is 38.1 Å². The van der Waals surface area contributed by atoms with Gasteiger partial charge in [0.2, 0.25) is 0 Å². The summed E-state index contributed by atoms with van der Waals surface area (Å²) in [6.45, 7) is 6.68. The number of rotatable bonds is 6. The van der Waals surface area contributed by atoms with Crippen molar-refractivity contribution >= 4 is 16.7 Å². The molecule has 0 fully saturated rings. The van der Waals surface area contributed by atoms with Crippen molar-refractivity contribution in [3.63, 3.8) is 0 Å². The normalized spacial score (nSPS) is 18.0. The second-order valence-electron chi connectivity index (χ2n) is 9.54. The molecule has 4 aromatic rings. The first-order valence-corrected chi connectivity index (χ1v) is 12.2. The lowest BCUT2D eigenvalue weighted by Crippen LogP contribution is -2.37. The van der Waals surface area contributed by atoms with Crippen LogP contribution in [-0.4, -0.2) is 23.7 Å². The third-order valence-corrected chi connectivity index (χ3v) is 7.33. The van der Waals surface area contributed by atoms with E-state index in [0.717, 1.165) is 34.4 Å². The van der Waals surface area contributed by atoms with Crippen LogP contribution in [0.15, 0.2) is 78.9 Å². The maximum atomic E-state index is 12.0. The van der Waals surface area contributed by atoms with Crippen molar-refractivity contribution in [2.24, 2.45) is 0 Å². The molecular weight excluding hydrogens is 434 g/mol. The van der Waals surface area contributed by atoms with Crippen LogP contribution in [0.3, 0.4) is 0 Å². The number of benzene rings is 4. The Morgan fingerprint density at radius 1 is 0.971 bits per heavy atom. The zero-order chi connectivity index (χ0) is 24.5. The van der Waals surface area contributed by atoms with Crippen molar-refractivity contribution in [3.05, 3.63) is 112 Å². The molecule has 0 amide bonds. The van der Waals surface area contributed by atoms with Crippen molar-refractivity contribution in [1.29, 1.82) is 0 Å². The van der Waals surface area contributed by atoms with Gasteiger partial charge in [0.05, 0.1) is 5.56 Å². The fourth-order valence-corrected chi connectivity index (χ4v) is 5.53. The molecule has 1 aliphatic heterocycles. The first kappa shape index (κ1) is 23.1. The lowest BCUT2D eigenvalue weighted by molar-refractivity contribution is 0.0695. The summed E-state index contributed by atoms with van der Waals surface area (Å²) in [5.41, 5.74) is 5.50. The summed E-state index contributed by atoms with van der Waals surface area (Å²) >= 11 is 0. The Balaban J connectivity index is 1.42. The number of ether oxygens (including phenoxy) is 1. The number of carboxylic acids is 1. The lowest BCUT2D eigenvalue weighted by Gasteiger charge is -2.34. The second kappa shape index (κ2) is 9.55. The zero-order valence-corrected chi connectivity index (χ0v) is 20.4. The van der Waals surface area contributed by atoms with Crippen LogP contribution in [0.2, 0.25) is 0 Å². The number of hydrogen-bond donors (Lipinski definition) is 2. The number of fused-ring (bicyclic) bond motifs is 2. The Bertz CT molecular complexity index is 1390. The van der Waals surface area contributed by atoms with Gasteiger partial charge in [0, 0.05) is 24.1 Å². The number of para-hydroxylation sites is 1. The highest BCUT2D eigenvalue weighted by molar-refractivity contribution is 5.91. The molecule has 0 bridgehead atoms. The first-order chi connectivity index (χ1) is 16.9. The van der Waals surface area contributed by atoms with E-state index in [0.29, 0.717) is 12.1 Å². The number of aryl methyl sites for hydroxylation is 1. The quantitative estimate of drug-likeness (QED) is 0.329. The van der Waals surface area contributed by atoms with Crippen LogP contribution < -0.4 is 10.1 Å². The van der Waals surface area contributed by atoms with Gasteiger partial charge in [-0.1, -0.05) is 72.8 Å². The fraction of sp³-hybridized carbons (Fsp3) is 0.258. The molecule has 1 unspecified atom stereocenters. The predicted molar refractivity (Wildman–Crippen MR) is 141 cm³/mol. The summed E-state index contributed by atoms with van der Waals surface area (Å²) < 4.78 is 6.42. The molecule has 0 aromatic heterocycles. The monoisotopic (exact) mass is 465 g/mol. The summed E-state index contributed by atoms with van der Waals surface area (Å²) in [6.07, 6.45) is 0.760. The predicted octanol–water partition coefficient (Wildman–Crippen LogP) is 6.79. The molecule has 3 atom stereocenters.